The quantitative estimate of drug-likeness (QED) is 0.0825. The van der Waals surface area contributed by atoms with Crippen LogP contribution in [0.1, 0.15) is 219 Å². The second kappa shape index (κ2) is 48.3. The molecule has 0 bridgehead atoms. The van der Waals surface area contributed by atoms with E-state index >= 15 is 0 Å². The molecular formula is C92H123Cl5F10N4O8. The number of β-amino-alcohol motifs (C(OH)–C–C–N with tert-alkyl or cyclic N) is 1. The van der Waals surface area contributed by atoms with Gasteiger partial charge in [-0.15, -0.1) is 0 Å². The van der Waals surface area contributed by atoms with Gasteiger partial charge in [0, 0.05) is 58.2 Å². The van der Waals surface area contributed by atoms with Gasteiger partial charge in [-0.05, 0) is 253 Å². The molecule has 4 unspecified atom stereocenters. The van der Waals surface area contributed by atoms with Crippen molar-refractivity contribution in [1.82, 2.24) is 14.7 Å². The Balaban J connectivity index is 0.000000502. The average Bonchev–Trinajstić information content (AvgIpc) is 0.763. The van der Waals surface area contributed by atoms with Gasteiger partial charge in [0.1, 0.15) is 42.2 Å². The maximum Gasteiger partial charge on any atom is 0.416 e. The lowest BCUT2D eigenvalue weighted by molar-refractivity contribution is -0.669. The Hall–Kier alpha value is -6.86. The number of hydrogen-bond acceptors (Lipinski definition) is 8. The van der Waals surface area contributed by atoms with E-state index in [1.807, 2.05) is 82.6 Å². The molecule has 4 saturated heterocycles. The van der Waals surface area contributed by atoms with Crippen LogP contribution in [0, 0.1) is 5.82 Å². The third-order valence-corrected chi connectivity index (χ3v) is 23.7. The van der Waals surface area contributed by atoms with Crippen LogP contribution in [0.15, 0.2) is 170 Å². The van der Waals surface area contributed by atoms with Crippen LogP contribution in [0.4, 0.5) is 43.9 Å². The van der Waals surface area contributed by atoms with Crippen molar-refractivity contribution in [3.8, 4) is 11.5 Å². The standard InChI is InChI=1S/C23H23ClF3NO2.C23H25ClF3NO.C16H20ClNO2.C11H11ClO2.C7H4F4.C5H11NO.7CH4.ClH/c24-18-8-4-16(5-9-18)22(12-2-13-22)21(29)28-14-1-3-20(15-28)30-19-10-6-17(7-11-19)23(25,26)27;24-19-8-4-17(5-9-19)22(12-2-13-22)16-28-14-1-3-21(15-28)29-20-10-6-18(7-11-20)23(25,26)27;17-13-6-4-12(5-7-13)16(8-2-9-16)15(20)18-10-1-3-14(19)11-18;12-9-4-2-8(3-5-9)11(10(13)14)6-1-7-11;8-6-3-1-5(2-4-6)7(9,10)11;7-5-2-1-3-6-4-5;;;;;;;;/h4-11,20H,1-3,12-15H2;4-11,21H,1-3,12-16H2;4-7,14,19H,1-3,8-11H2;2-5H,1,6-7H2,(H,13,14);1-4H;5-7H,1-4H2;7*1H4;1H. The Labute approximate surface area is 725 Å². The van der Waals surface area contributed by atoms with Gasteiger partial charge in [-0.2, -0.15) is 39.5 Å². The number of aliphatic hydroxyl groups excluding tert-OH is 2. The predicted octanol–water partition coefficient (Wildman–Crippen LogP) is 20.8. The second-order valence-corrected chi connectivity index (χ2v) is 32.0. The van der Waals surface area contributed by atoms with E-state index in [0.29, 0.717) is 58.3 Å². The van der Waals surface area contributed by atoms with Crippen LogP contribution in [0.2, 0.25) is 20.1 Å². The van der Waals surface area contributed by atoms with E-state index in [0.717, 1.165) is 194 Å². The Morgan fingerprint density at radius 3 is 1.04 bits per heavy atom. The molecular weight excluding hydrogens is 1660 g/mol. The summed E-state index contributed by atoms with van der Waals surface area (Å²) < 4.78 is 136. The summed E-state index contributed by atoms with van der Waals surface area (Å²) in [5.41, 5.74) is 0.772. The number of ether oxygens (including phenoxy) is 2. The number of aliphatic carboxylic acids is 1. The number of carboxylic acids is 1. The monoisotopic (exact) mass is 1780 g/mol. The van der Waals surface area contributed by atoms with Gasteiger partial charge in [0.2, 0.25) is 11.8 Å². The third kappa shape index (κ3) is 28.9. The Bertz CT molecular complexity index is 4110. The molecule has 0 radical (unpaired) electrons. The number of benzene rings is 7. The van der Waals surface area contributed by atoms with Gasteiger partial charge in [0.05, 0.1) is 52.1 Å². The zero-order valence-corrected chi connectivity index (χ0v) is 65.7. The Morgan fingerprint density at radius 1 is 0.403 bits per heavy atom. The number of nitrogens with zero attached hydrogens (tertiary/aromatic N) is 3. The van der Waals surface area contributed by atoms with Crippen LogP contribution in [0.3, 0.4) is 0 Å². The summed E-state index contributed by atoms with van der Waals surface area (Å²) in [6.45, 7) is 7.30. The van der Waals surface area contributed by atoms with Crippen LogP contribution < -0.4 is 27.2 Å². The molecule has 7 aromatic carbocycles. The molecule has 7 aromatic rings. The predicted molar refractivity (Wildman–Crippen MR) is 456 cm³/mol. The minimum atomic E-state index is -4.38. The average molecular weight is 1780 g/mol. The fourth-order valence-electron chi connectivity index (χ4n) is 15.8. The normalized spacial score (nSPS) is 20.1. The zero-order chi connectivity index (χ0) is 79.8. The molecule has 4 aliphatic carbocycles. The van der Waals surface area contributed by atoms with Gasteiger partial charge in [0.15, 0.2) is 0 Å². The van der Waals surface area contributed by atoms with Gasteiger partial charge in [-0.1, -0.05) is 173 Å². The number of carbonyl (C=O) groups is 3. The van der Waals surface area contributed by atoms with E-state index in [1.54, 1.807) is 12.1 Å². The number of carbonyl (C=O) groups excluding carboxylic acids is 2. The lowest BCUT2D eigenvalue weighted by atomic mass is 9.63. The molecule has 4 atom stereocenters. The topological polar surface area (TPSA) is 157 Å². The smallest absolute Gasteiger partial charge is 0.416 e. The van der Waals surface area contributed by atoms with E-state index in [4.69, 9.17) is 61.0 Å². The maximum absolute atomic E-state index is 13.5. The minimum Gasteiger partial charge on any atom is -1.00 e. The number of hydrogen-bond donors (Lipinski definition) is 4. The molecule has 119 heavy (non-hydrogen) atoms. The van der Waals surface area contributed by atoms with E-state index in [1.165, 1.54) is 62.1 Å². The van der Waals surface area contributed by atoms with Gasteiger partial charge >= 0.3 is 24.5 Å². The Kier molecular flexibility index (Phi) is 43.9. The molecule has 0 aromatic heterocycles. The Morgan fingerprint density at radius 2 is 0.731 bits per heavy atom. The highest BCUT2D eigenvalue weighted by Gasteiger charge is 2.51. The molecule has 4 saturated carbocycles. The van der Waals surface area contributed by atoms with Gasteiger partial charge < -0.3 is 52.3 Å². The number of rotatable bonds is 13. The van der Waals surface area contributed by atoms with Crippen molar-refractivity contribution >= 4 is 64.2 Å². The highest BCUT2D eigenvalue weighted by Crippen LogP contribution is 2.49. The van der Waals surface area contributed by atoms with E-state index in [9.17, 15) is 68.5 Å². The van der Waals surface area contributed by atoms with Crippen molar-refractivity contribution in [2.45, 2.75) is 245 Å². The SMILES string of the molecule is C.C.C.C.C.C.C.FC(F)(F)c1ccc(OC2CCCN(CC3(c4ccc(Cl)cc4)CCC3)C2)cc1.Fc1ccc(C(F)(F)F)cc1.O=C(N1CCCC(O)C1)C1(c2ccc(Cl)cc2)CCC1.O=C(N1CCCC(Oc2ccc(C(F)(F)F)cc2)C1)C1(c2ccc(Cl)cc2)CCC1.O=C(O)C1(c2ccc(Cl)cc2)CCC1.OC1CCC[NH2+]C1.[Cl-]. The lowest BCUT2D eigenvalue weighted by Crippen LogP contribution is -3.00. The van der Waals surface area contributed by atoms with Crippen molar-refractivity contribution in [2.75, 3.05) is 58.9 Å². The van der Waals surface area contributed by atoms with E-state index in [-0.39, 0.29) is 111 Å². The van der Waals surface area contributed by atoms with Crippen molar-refractivity contribution in [3.05, 3.63) is 235 Å². The van der Waals surface area contributed by atoms with E-state index in [2.05, 4.69) is 22.3 Å². The number of nitrogens with two attached hydrogens (primary N) is 1. The van der Waals surface area contributed by atoms with Crippen LogP contribution >= 0.6 is 46.4 Å². The summed E-state index contributed by atoms with van der Waals surface area (Å²) in [6.07, 6.45) is 5.31. The zero-order valence-electron chi connectivity index (χ0n) is 62.0. The van der Waals surface area contributed by atoms with Crippen molar-refractivity contribution < 1.29 is 101 Å². The molecule has 664 valence electrons. The molecule has 5 N–H and O–H groups in total. The first-order valence-corrected chi connectivity index (χ1v) is 39.6. The van der Waals surface area contributed by atoms with Crippen molar-refractivity contribution in [1.29, 1.82) is 0 Å². The summed E-state index contributed by atoms with van der Waals surface area (Å²) >= 11 is 23.8. The second-order valence-electron chi connectivity index (χ2n) is 30.2. The maximum atomic E-state index is 13.5. The van der Waals surface area contributed by atoms with Crippen molar-refractivity contribution in [2.24, 2.45) is 0 Å². The molecule has 4 heterocycles. The summed E-state index contributed by atoms with van der Waals surface area (Å²) in [5.74, 6) is -0.204. The first-order chi connectivity index (χ1) is 52.8. The number of carboxylic acid groups (broad SMARTS) is 1. The third-order valence-electron chi connectivity index (χ3n) is 22.7. The van der Waals surface area contributed by atoms with Gasteiger partial charge in [-0.3, -0.25) is 19.3 Å². The van der Waals surface area contributed by atoms with E-state index < -0.39 is 57.8 Å². The van der Waals surface area contributed by atoms with Crippen LogP contribution in [0.25, 0.3) is 0 Å². The number of likely N-dealkylation sites (tertiary alicyclic amines) is 3. The number of aliphatic hydroxyl groups is 2. The molecule has 2 amide bonds. The molecule has 4 aliphatic heterocycles. The fraction of sp³-hybridized carbons (Fsp3) is 0.511. The summed E-state index contributed by atoms with van der Waals surface area (Å²) in [6, 6.07) is 43.2. The van der Waals surface area contributed by atoms with Crippen molar-refractivity contribution in [3.63, 3.8) is 0 Å². The molecule has 8 aliphatic rings. The number of halogens is 15. The highest BCUT2D eigenvalue weighted by molar-refractivity contribution is 6.31. The van der Waals surface area contributed by atoms with Crippen LogP contribution in [-0.2, 0) is 54.6 Å². The lowest BCUT2D eigenvalue weighted by Gasteiger charge is -2.47. The van der Waals surface area contributed by atoms with Gasteiger partial charge in [-0.25, -0.2) is 4.39 Å². The molecule has 15 rings (SSSR count). The summed E-state index contributed by atoms with van der Waals surface area (Å²) in [7, 11) is 0. The highest BCUT2D eigenvalue weighted by atomic mass is 35.5. The fourth-order valence-corrected chi connectivity index (χ4v) is 16.3. The first-order valence-electron chi connectivity index (χ1n) is 38.1. The molecule has 8 fully saturated rings. The molecule has 27 heteroatoms. The number of quaternary nitrogens is 1. The minimum absolute atomic E-state index is 0. The van der Waals surface area contributed by atoms with Crippen LogP contribution in [0.5, 0.6) is 11.5 Å². The number of alkyl halides is 9. The number of amides is 2. The largest absolute Gasteiger partial charge is 1.00 e. The number of piperidine rings is 4. The molecule has 0 spiro atoms. The molecule has 12 nitrogen and oxygen atoms in total. The van der Waals surface area contributed by atoms with Gasteiger partial charge in [0.25, 0.3) is 0 Å². The first kappa shape index (κ1) is 108. The van der Waals surface area contributed by atoms with Crippen LogP contribution in [-0.4, -0.2) is 131 Å². The summed E-state index contributed by atoms with van der Waals surface area (Å²) in [5, 5.41) is 32.7. The summed E-state index contributed by atoms with van der Waals surface area (Å²) in [4.78, 5) is 43.7.